The van der Waals surface area contributed by atoms with Crippen molar-refractivity contribution in [3.05, 3.63) is 53.1 Å². The molecule has 5 atom stereocenters. The summed E-state index contributed by atoms with van der Waals surface area (Å²) in [7, 11) is 1.41. The Labute approximate surface area is 288 Å². The minimum absolute atomic E-state index is 0.0611. The first-order chi connectivity index (χ1) is 23.6. The van der Waals surface area contributed by atoms with E-state index in [2.05, 4.69) is 38.3 Å². The van der Waals surface area contributed by atoms with Crippen LogP contribution in [0.15, 0.2) is 36.4 Å². The number of amides is 2. The number of rotatable bonds is 7. The number of hydrogen-bond donors (Lipinski definition) is 1. The SMILES string of the molecule is COc1ccc2c(c1)C1CC1C(C(=O)N1C3CCC1CN(C)C3)n1c-2c(C2CCCCC2)c2ccc(C(=O)NS(=O)(=O)N(C)C3CC3)cc21. The van der Waals surface area contributed by atoms with E-state index in [0.29, 0.717) is 5.92 Å². The molecule has 5 fully saturated rings. The molecule has 3 saturated carbocycles. The predicted octanol–water partition coefficient (Wildman–Crippen LogP) is 5.40. The molecule has 1 N–H and O–H groups in total. The number of piperazine rings is 1. The van der Waals surface area contributed by atoms with Crippen molar-refractivity contribution in [1.29, 1.82) is 0 Å². The van der Waals surface area contributed by atoms with Crippen LogP contribution in [0.3, 0.4) is 0 Å². The quantitative estimate of drug-likeness (QED) is 0.358. The van der Waals surface area contributed by atoms with Crippen molar-refractivity contribution in [2.24, 2.45) is 5.92 Å². The number of hydrogen-bond acceptors (Lipinski definition) is 6. The Morgan fingerprint density at radius 2 is 1.67 bits per heavy atom. The van der Waals surface area contributed by atoms with Crippen LogP contribution in [0.4, 0.5) is 0 Å². The van der Waals surface area contributed by atoms with Crippen LogP contribution in [0.25, 0.3) is 22.2 Å². The molecule has 10 nitrogen and oxygen atoms in total. The van der Waals surface area contributed by atoms with Crippen molar-refractivity contribution in [3.8, 4) is 17.0 Å². The lowest BCUT2D eigenvalue weighted by atomic mass is 9.81. The monoisotopic (exact) mass is 685 g/mol. The average Bonchev–Trinajstić information content (AvgIpc) is 4.03. The maximum atomic E-state index is 15.2. The van der Waals surface area contributed by atoms with Gasteiger partial charge in [-0.25, -0.2) is 4.72 Å². The first kappa shape index (κ1) is 31.6. The van der Waals surface area contributed by atoms with Gasteiger partial charge >= 0.3 is 10.2 Å². The molecule has 5 unspecified atom stereocenters. The average molecular weight is 686 g/mol. The zero-order valence-corrected chi connectivity index (χ0v) is 29.5. The molecule has 49 heavy (non-hydrogen) atoms. The number of benzene rings is 2. The zero-order valence-electron chi connectivity index (χ0n) is 28.7. The Balaban J connectivity index is 1.24. The van der Waals surface area contributed by atoms with E-state index in [1.165, 1.54) is 28.9 Å². The highest BCUT2D eigenvalue weighted by Crippen LogP contribution is 2.62. The van der Waals surface area contributed by atoms with E-state index < -0.39 is 22.2 Å². The van der Waals surface area contributed by atoms with Crippen LogP contribution < -0.4 is 9.46 Å². The molecule has 260 valence electrons. The summed E-state index contributed by atoms with van der Waals surface area (Å²) in [5.41, 5.74) is 5.91. The highest BCUT2D eigenvalue weighted by Gasteiger charge is 2.55. The topological polar surface area (TPSA) is 104 Å². The predicted molar refractivity (Wildman–Crippen MR) is 188 cm³/mol. The number of carbonyl (C=O) groups is 2. The van der Waals surface area contributed by atoms with Gasteiger partial charge in [0.25, 0.3) is 5.91 Å². The fourth-order valence-corrected chi connectivity index (χ4v) is 11.1. The van der Waals surface area contributed by atoms with Crippen molar-refractivity contribution in [3.63, 3.8) is 0 Å². The number of carbonyl (C=O) groups excluding carboxylic acids is 2. The number of fused-ring (bicyclic) bond motifs is 9. The normalized spacial score (nSPS) is 28.2. The van der Waals surface area contributed by atoms with Gasteiger partial charge in [-0.1, -0.05) is 25.3 Å². The number of aromatic nitrogens is 1. The number of likely N-dealkylation sites (tertiary alicyclic amines) is 1. The van der Waals surface area contributed by atoms with Gasteiger partial charge in [0.15, 0.2) is 0 Å². The molecule has 3 aliphatic carbocycles. The second-order valence-electron chi connectivity index (χ2n) is 15.6. The molecule has 2 bridgehead atoms. The standard InChI is InChI=1S/C38H47N5O5S/c1-40-20-25-12-13-26(21-40)42(25)38(45)36-32-19-31(32)30-18-27(48-3)14-16-28(30)35-34(22-7-5-4-6-8-22)29-15-9-23(17-33(29)43(35)36)37(44)39-49(46,47)41(2)24-10-11-24/h9,14-18,22,24-26,31-32,36H,4-8,10-13,19-21H2,1-3H3,(H,39,44). The smallest absolute Gasteiger partial charge is 0.304 e. The fourth-order valence-electron chi connectivity index (χ4n) is 9.95. The summed E-state index contributed by atoms with van der Waals surface area (Å²) in [6.45, 7) is 1.78. The Hall–Kier alpha value is -3.41. The number of ether oxygens (including phenoxy) is 1. The highest BCUT2D eigenvalue weighted by molar-refractivity contribution is 7.87. The van der Waals surface area contributed by atoms with Crippen molar-refractivity contribution in [1.82, 2.24) is 23.4 Å². The van der Waals surface area contributed by atoms with E-state index in [-0.39, 0.29) is 41.4 Å². The van der Waals surface area contributed by atoms with Gasteiger partial charge in [0.1, 0.15) is 11.8 Å². The molecule has 0 radical (unpaired) electrons. The minimum atomic E-state index is -3.98. The van der Waals surface area contributed by atoms with Gasteiger partial charge in [0.05, 0.1) is 18.3 Å². The van der Waals surface area contributed by atoms with E-state index in [1.54, 1.807) is 13.2 Å². The van der Waals surface area contributed by atoms with Crippen LogP contribution in [0.5, 0.6) is 5.75 Å². The van der Waals surface area contributed by atoms with Crippen LogP contribution >= 0.6 is 0 Å². The first-order valence-electron chi connectivity index (χ1n) is 18.3. The summed E-state index contributed by atoms with van der Waals surface area (Å²) in [5.74, 6) is 1.08. The molecular formula is C38H47N5O5S. The Morgan fingerprint density at radius 3 is 2.37 bits per heavy atom. The Kier molecular flexibility index (Phi) is 7.45. The number of methoxy groups -OCH3 is 1. The van der Waals surface area contributed by atoms with E-state index >= 15 is 4.79 Å². The lowest BCUT2D eigenvalue weighted by Gasteiger charge is -2.41. The van der Waals surface area contributed by atoms with Crippen molar-refractivity contribution >= 4 is 32.9 Å². The second kappa shape index (κ2) is 11.6. The number of nitrogens with one attached hydrogen (secondary N) is 1. The van der Waals surface area contributed by atoms with E-state index in [4.69, 9.17) is 4.74 Å². The summed E-state index contributed by atoms with van der Waals surface area (Å²) < 4.78 is 37.9. The maximum absolute atomic E-state index is 15.2. The molecule has 3 aliphatic heterocycles. The molecular weight excluding hydrogens is 639 g/mol. The lowest BCUT2D eigenvalue weighted by molar-refractivity contribution is -0.141. The van der Waals surface area contributed by atoms with Gasteiger partial charge in [-0.15, -0.1) is 0 Å². The maximum Gasteiger partial charge on any atom is 0.304 e. The largest absolute Gasteiger partial charge is 0.497 e. The van der Waals surface area contributed by atoms with Gasteiger partial charge in [-0.05, 0) is 111 Å². The number of likely N-dealkylation sites (N-methyl/N-ethyl adjacent to an activating group) is 1. The third kappa shape index (κ3) is 5.13. The summed E-state index contributed by atoms with van der Waals surface area (Å²) in [6.07, 6.45) is 10.3. The van der Waals surface area contributed by atoms with Gasteiger partial charge in [0, 0.05) is 54.8 Å². The van der Waals surface area contributed by atoms with Crippen molar-refractivity contribution < 1.29 is 22.7 Å². The molecule has 2 saturated heterocycles. The summed E-state index contributed by atoms with van der Waals surface area (Å²) >= 11 is 0. The van der Waals surface area contributed by atoms with Gasteiger partial charge in [0.2, 0.25) is 5.91 Å². The third-order valence-electron chi connectivity index (χ3n) is 12.6. The van der Waals surface area contributed by atoms with E-state index in [9.17, 15) is 13.2 Å². The van der Waals surface area contributed by atoms with Gasteiger partial charge in [-0.3, -0.25) is 9.59 Å². The van der Waals surface area contributed by atoms with Crippen molar-refractivity contribution in [2.45, 2.75) is 100 Å². The van der Waals surface area contributed by atoms with Crippen LogP contribution in [0, 0.1) is 5.92 Å². The third-order valence-corrected chi connectivity index (χ3v) is 14.1. The lowest BCUT2D eigenvalue weighted by Crippen LogP contribution is -2.56. The van der Waals surface area contributed by atoms with Gasteiger partial charge in [-0.2, -0.15) is 12.7 Å². The number of nitrogens with zero attached hydrogens (tertiary/aromatic N) is 4. The Bertz CT molecular complexity index is 1950. The molecule has 4 heterocycles. The van der Waals surface area contributed by atoms with Gasteiger partial charge < -0.3 is 19.1 Å². The second-order valence-corrected chi connectivity index (χ2v) is 17.4. The van der Waals surface area contributed by atoms with Crippen LogP contribution in [0.1, 0.15) is 104 Å². The van der Waals surface area contributed by atoms with Crippen molar-refractivity contribution in [2.75, 3.05) is 34.3 Å². The minimum Gasteiger partial charge on any atom is -0.497 e. The van der Waals surface area contributed by atoms with Crippen LogP contribution in [-0.4, -0.2) is 91.3 Å². The molecule has 6 aliphatic rings. The zero-order chi connectivity index (χ0) is 33.8. The summed E-state index contributed by atoms with van der Waals surface area (Å²) in [5, 5.41) is 1.07. The fraction of sp³-hybridized carbons (Fsp3) is 0.579. The molecule has 9 rings (SSSR count). The molecule has 2 aromatic carbocycles. The molecule has 3 aromatic rings. The summed E-state index contributed by atoms with van der Waals surface area (Å²) in [6, 6.07) is 12.0. The van der Waals surface area contributed by atoms with Crippen LogP contribution in [0.2, 0.25) is 0 Å². The molecule has 0 spiro atoms. The summed E-state index contributed by atoms with van der Waals surface area (Å²) in [4.78, 5) is 33.5. The van der Waals surface area contributed by atoms with E-state index in [1.807, 2.05) is 18.2 Å². The molecule has 2 amide bonds. The molecule has 11 heteroatoms. The van der Waals surface area contributed by atoms with E-state index in [0.717, 1.165) is 98.8 Å². The molecule has 1 aromatic heterocycles. The Morgan fingerprint density at radius 1 is 0.939 bits per heavy atom. The first-order valence-corrected chi connectivity index (χ1v) is 19.8. The highest BCUT2D eigenvalue weighted by atomic mass is 32.2. The van der Waals surface area contributed by atoms with Crippen LogP contribution in [-0.2, 0) is 15.0 Å².